The maximum atomic E-state index is 15.1. The first-order valence-electron chi connectivity index (χ1n) is 13.3. The van der Waals surface area contributed by atoms with Crippen LogP contribution in [0.3, 0.4) is 0 Å². The number of hydrogen-bond donors (Lipinski definition) is 1. The largest absolute Gasteiger partial charge is 0.490 e. The summed E-state index contributed by atoms with van der Waals surface area (Å²) in [6.45, 7) is 8.51. The molecule has 3 aromatic rings. The second-order valence-corrected chi connectivity index (χ2v) is 8.68. The van der Waals surface area contributed by atoms with E-state index in [1.54, 1.807) is 42.7 Å². The van der Waals surface area contributed by atoms with E-state index in [-0.39, 0.29) is 5.69 Å². The summed E-state index contributed by atoms with van der Waals surface area (Å²) in [7, 11) is 1.60. The monoisotopic (exact) mass is 559 g/mol. The van der Waals surface area contributed by atoms with Gasteiger partial charge in [0.25, 0.3) is 0 Å². The molecule has 0 atom stereocenters. The van der Waals surface area contributed by atoms with Gasteiger partial charge in [-0.1, -0.05) is 20.3 Å². The van der Waals surface area contributed by atoms with E-state index < -0.39 is 5.82 Å². The molecule has 0 aliphatic carbocycles. The van der Waals surface area contributed by atoms with E-state index in [1.807, 2.05) is 31.3 Å². The molecule has 9 nitrogen and oxygen atoms in total. The molecule has 0 saturated carbocycles. The van der Waals surface area contributed by atoms with Crippen molar-refractivity contribution >= 4 is 40.5 Å². The molecule has 0 fully saturated rings. The third kappa shape index (κ3) is 7.90. The minimum absolute atomic E-state index is 0.254. The van der Waals surface area contributed by atoms with Gasteiger partial charge in [-0.25, -0.2) is 14.4 Å². The zero-order valence-electron chi connectivity index (χ0n) is 23.9. The SMILES string of the molecule is C#C.C/C=N\N1C=CC(Oc2ccc(Nc3ncnc4ccc([N+]5=CCOCC5)c(OC)c34)c(F)c2)=CC1.CCC. The fraction of sp³-hybridized carbons (Fsp3) is 0.290. The van der Waals surface area contributed by atoms with Crippen molar-refractivity contribution in [1.29, 1.82) is 0 Å². The number of hydrazone groups is 1. The first-order valence-corrected chi connectivity index (χ1v) is 13.3. The Morgan fingerprint density at radius 1 is 1.22 bits per heavy atom. The number of nitrogens with one attached hydrogen (secondary N) is 1. The molecule has 0 radical (unpaired) electrons. The number of methoxy groups -OCH3 is 1. The van der Waals surface area contributed by atoms with Crippen molar-refractivity contribution in [3.8, 4) is 24.3 Å². The molecule has 0 spiro atoms. The molecule has 1 N–H and O–H groups in total. The quantitative estimate of drug-likeness (QED) is 0.215. The van der Waals surface area contributed by atoms with Crippen molar-refractivity contribution in [3.05, 3.63) is 66.6 Å². The van der Waals surface area contributed by atoms with Gasteiger partial charge in [-0.05, 0) is 37.3 Å². The highest BCUT2D eigenvalue weighted by atomic mass is 19.1. The Labute approximate surface area is 240 Å². The van der Waals surface area contributed by atoms with Gasteiger partial charge in [0.2, 0.25) is 11.4 Å². The number of halogens is 1. The summed E-state index contributed by atoms with van der Waals surface area (Å²) in [6, 6.07) is 8.50. The molecule has 3 heterocycles. The number of hydrogen-bond acceptors (Lipinski definition) is 8. The lowest BCUT2D eigenvalue weighted by atomic mass is 10.1. The average Bonchev–Trinajstić information content (AvgIpc) is 3.01. The molecule has 2 aliphatic rings. The average molecular weight is 560 g/mol. The van der Waals surface area contributed by atoms with Crippen LogP contribution in [0.25, 0.3) is 10.9 Å². The minimum atomic E-state index is -0.478. The first kappa shape index (κ1) is 30.8. The van der Waals surface area contributed by atoms with Crippen LogP contribution in [0.1, 0.15) is 27.2 Å². The molecule has 0 saturated heterocycles. The Morgan fingerprint density at radius 3 is 2.66 bits per heavy atom. The van der Waals surface area contributed by atoms with Gasteiger partial charge in [0.15, 0.2) is 12.8 Å². The molecular weight excluding hydrogens is 523 g/mol. The fourth-order valence-corrected chi connectivity index (χ4v) is 4.04. The van der Waals surface area contributed by atoms with Crippen LogP contribution >= 0.6 is 0 Å². The summed E-state index contributed by atoms with van der Waals surface area (Å²) in [5, 5.41) is 9.71. The van der Waals surface area contributed by atoms with Gasteiger partial charge in [-0.2, -0.15) is 9.68 Å². The first-order chi connectivity index (χ1) is 20.1. The van der Waals surface area contributed by atoms with Gasteiger partial charge >= 0.3 is 0 Å². The molecule has 0 unspecified atom stereocenters. The van der Waals surface area contributed by atoms with E-state index in [1.165, 1.54) is 18.8 Å². The van der Waals surface area contributed by atoms with Gasteiger partial charge in [0, 0.05) is 24.5 Å². The second kappa shape index (κ2) is 15.7. The maximum absolute atomic E-state index is 15.1. The summed E-state index contributed by atoms with van der Waals surface area (Å²) in [4.78, 5) is 8.76. The molecule has 214 valence electrons. The van der Waals surface area contributed by atoms with E-state index >= 15 is 4.39 Å². The number of terminal acetylenes is 1. The molecule has 10 heteroatoms. The number of nitrogens with zero attached hydrogens (tertiary/aromatic N) is 5. The van der Waals surface area contributed by atoms with Crippen molar-refractivity contribution in [2.45, 2.75) is 27.2 Å². The number of fused-ring (bicyclic) bond motifs is 1. The Kier molecular flexibility index (Phi) is 11.8. The highest BCUT2D eigenvalue weighted by molar-refractivity contribution is 5.98. The lowest BCUT2D eigenvalue weighted by molar-refractivity contribution is -0.450. The topological polar surface area (TPSA) is 84.1 Å². The van der Waals surface area contributed by atoms with Crippen LogP contribution in [0.2, 0.25) is 0 Å². The summed E-state index contributed by atoms with van der Waals surface area (Å²) in [5.74, 6) is 1.57. The predicted molar refractivity (Wildman–Crippen MR) is 162 cm³/mol. The van der Waals surface area contributed by atoms with Crippen LogP contribution in [0.15, 0.2) is 65.9 Å². The normalized spacial score (nSPS) is 14.3. The highest BCUT2D eigenvalue weighted by Crippen LogP contribution is 2.39. The fourth-order valence-electron chi connectivity index (χ4n) is 4.04. The smallest absolute Gasteiger partial charge is 0.248 e. The number of rotatable bonds is 7. The van der Waals surface area contributed by atoms with Gasteiger partial charge in [-0.3, -0.25) is 5.01 Å². The van der Waals surface area contributed by atoms with E-state index in [4.69, 9.17) is 14.2 Å². The van der Waals surface area contributed by atoms with Crippen LogP contribution in [0.5, 0.6) is 11.5 Å². The van der Waals surface area contributed by atoms with Gasteiger partial charge in [-0.15, -0.1) is 12.8 Å². The number of benzene rings is 2. The zero-order valence-corrected chi connectivity index (χ0v) is 23.9. The van der Waals surface area contributed by atoms with Crippen LogP contribution in [0.4, 0.5) is 21.6 Å². The van der Waals surface area contributed by atoms with Crippen molar-refractivity contribution in [2.24, 2.45) is 5.10 Å². The van der Waals surface area contributed by atoms with Gasteiger partial charge < -0.3 is 19.5 Å². The Balaban J connectivity index is 0.000000868. The predicted octanol–water partition coefficient (Wildman–Crippen LogP) is 6.03. The van der Waals surface area contributed by atoms with Crippen molar-refractivity contribution in [2.75, 3.05) is 38.7 Å². The number of allylic oxidation sites excluding steroid dienone is 1. The molecule has 2 aliphatic heterocycles. The molecule has 1 aromatic heterocycles. The molecule has 2 aromatic carbocycles. The maximum Gasteiger partial charge on any atom is 0.248 e. The van der Waals surface area contributed by atoms with E-state index in [9.17, 15) is 0 Å². The lowest BCUT2D eigenvalue weighted by Gasteiger charge is -2.18. The molecule has 5 rings (SSSR count). The standard InChI is InChI=1S/C26H26FN6O3.C3H8.C2H2/c1-3-30-33-10-8-18(9-11-33)36-19-4-5-21(20(27)16-19)31-26-24-22(28-17-29-26)6-7-23(25(24)34-2)32-12-14-35-15-13-32;1-3-2;1-2/h3-10,12,16-17H,11,13-15H2,1-2H3,(H,28,29,31);3H2,1-2H3;1-2H/q+1;;/b30-3-;;. The van der Waals surface area contributed by atoms with Gasteiger partial charge in [0.05, 0.1) is 30.2 Å². The summed E-state index contributed by atoms with van der Waals surface area (Å²) < 4.78 is 34.2. The highest BCUT2D eigenvalue weighted by Gasteiger charge is 2.23. The molecule has 41 heavy (non-hydrogen) atoms. The third-order valence-electron chi connectivity index (χ3n) is 5.72. The molecular formula is C31H36FN6O3+. The second-order valence-electron chi connectivity index (χ2n) is 8.68. The van der Waals surface area contributed by atoms with E-state index in [0.717, 1.165) is 5.69 Å². The van der Waals surface area contributed by atoms with Crippen molar-refractivity contribution in [3.63, 3.8) is 0 Å². The number of aromatic nitrogens is 2. The van der Waals surface area contributed by atoms with Crippen molar-refractivity contribution in [1.82, 2.24) is 15.0 Å². The van der Waals surface area contributed by atoms with E-state index in [0.29, 0.717) is 60.3 Å². The Morgan fingerprint density at radius 2 is 2.02 bits per heavy atom. The summed E-state index contributed by atoms with van der Waals surface area (Å²) in [6.07, 6.45) is 19.8. The van der Waals surface area contributed by atoms with Crippen LogP contribution < -0.4 is 14.8 Å². The Hall–Kier alpha value is -4.75. The van der Waals surface area contributed by atoms with Crippen LogP contribution in [-0.4, -0.2) is 65.4 Å². The third-order valence-corrected chi connectivity index (χ3v) is 5.72. The Bertz CT molecular complexity index is 1460. The molecule has 0 bridgehead atoms. The summed E-state index contributed by atoms with van der Waals surface area (Å²) >= 11 is 0. The molecule has 0 amide bonds. The summed E-state index contributed by atoms with van der Waals surface area (Å²) in [5.41, 5.74) is 1.80. The number of anilines is 2. The van der Waals surface area contributed by atoms with Crippen LogP contribution in [-0.2, 0) is 4.74 Å². The van der Waals surface area contributed by atoms with Crippen LogP contribution in [0, 0.1) is 18.7 Å². The number of ether oxygens (including phenoxy) is 3. The van der Waals surface area contributed by atoms with Gasteiger partial charge in [0.1, 0.15) is 42.7 Å². The van der Waals surface area contributed by atoms with E-state index in [2.05, 4.69) is 51.7 Å². The zero-order chi connectivity index (χ0) is 29.6. The minimum Gasteiger partial charge on any atom is -0.490 e. The van der Waals surface area contributed by atoms with Crippen molar-refractivity contribution < 1.29 is 23.2 Å². The lowest BCUT2D eigenvalue weighted by Crippen LogP contribution is -2.23.